The quantitative estimate of drug-likeness (QED) is 0.800. The highest BCUT2D eigenvalue weighted by Crippen LogP contribution is 2.12. The number of aryl methyl sites for hydroxylation is 1. The molecule has 4 heteroatoms. The van der Waals surface area contributed by atoms with Gasteiger partial charge in [0.25, 0.3) is 0 Å². The van der Waals surface area contributed by atoms with Crippen molar-refractivity contribution in [3.05, 3.63) is 65.5 Å². The van der Waals surface area contributed by atoms with Crippen molar-refractivity contribution in [3.63, 3.8) is 0 Å². The molecular weight excluding hydrogens is 267 g/mol. The van der Waals surface area contributed by atoms with E-state index in [1.54, 1.807) is 18.2 Å². The molecule has 3 nitrogen and oxygen atoms in total. The number of carbonyl (C=O) groups excluding carboxylic acids is 1. The third kappa shape index (κ3) is 4.68. The van der Waals surface area contributed by atoms with E-state index in [4.69, 9.17) is 0 Å². The molecule has 0 aliphatic carbocycles. The lowest BCUT2D eigenvalue weighted by molar-refractivity contribution is -0.116. The molecule has 2 N–H and O–H groups in total. The van der Waals surface area contributed by atoms with Crippen molar-refractivity contribution in [1.82, 2.24) is 5.32 Å². The Morgan fingerprint density at radius 3 is 2.57 bits per heavy atom. The summed E-state index contributed by atoms with van der Waals surface area (Å²) in [5.74, 6) is -0.615. The standard InChI is InChI=1S/C17H19FN2O/c1-13-6-2-3-7-14(13)12-19-11-10-17(21)20-16-9-5-4-8-15(16)18/h2-9,19H,10-12H2,1H3,(H,20,21). The Morgan fingerprint density at radius 2 is 1.81 bits per heavy atom. The van der Waals surface area contributed by atoms with Gasteiger partial charge in [-0.25, -0.2) is 4.39 Å². The van der Waals surface area contributed by atoms with Gasteiger partial charge in [-0.15, -0.1) is 0 Å². The van der Waals surface area contributed by atoms with Crippen molar-refractivity contribution in [1.29, 1.82) is 0 Å². The van der Waals surface area contributed by atoms with Gasteiger partial charge in [0.2, 0.25) is 5.91 Å². The average molecular weight is 286 g/mol. The summed E-state index contributed by atoms with van der Waals surface area (Å²) >= 11 is 0. The van der Waals surface area contributed by atoms with Crippen molar-refractivity contribution in [2.45, 2.75) is 19.9 Å². The topological polar surface area (TPSA) is 41.1 Å². The van der Waals surface area contributed by atoms with Crippen LogP contribution in [0.5, 0.6) is 0 Å². The van der Waals surface area contributed by atoms with Gasteiger partial charge in [0.15, 0.2) is 0 Å². The van der Waals surface area contributed by atoms with Gasteiger partial charge in [-0.2, -0.15) is 0 Å². The monoisotopic (exact) mass is 286 g/mol. The summed E-state index contributed by atoms with van der Waals surface area (Å²) in [6, 6.07) is 14.3. The number of carbonyl (C=O) groups is 1. The maximum Gasteiger partial charge on any atom is 0.225 e. The number of amides is 1. The molecule has 0 aliphatic rings. The van der Waals surface area contributed by atoms with Crippen molar-refractivity contribution in [2.75, 3.05) is 11.9 Å². The number of para-hydroxylation sites is 1. The second-order valence-electron chi connectivity index (χ2n) is 4.88. The summed E-state index contributed by atoms with van der Waals surface area (Å²) in [7, 11) is 0. The zero-order valence-electron chi connectivity index (χ0n) is 12.0. The van der Waals surface area contributed by atoms with E-state index < -0.39 is 5.82 Å². The minimum atomic E-state index is -0.418. The Morgan fingerprint density at radius 1 is 1.10 bits per heavy atom. The summed E-state index contributed by atoms with van der Waals surface area (Å²) in [5.41, 5.74) is 2.66. The number of rotatable bonds is 6. The summed E-state index contributed by atoms with van der Waals surface area (Å²) in [6.07, 6.45) is 0.306. The number of halogens is 1. The lowest BCUT2D eigenvalue weighted by Crippen LogP contribution is -2.22. The van der Waals surface area contributed by atoms with Crippen LogP contribution in [0.25, 0.3) is 0 Å². The molecule has 0 saturated carbocycles. The number of nitrogens with one attached hydrogen (secondary N) is 2. The van der Waals surface area contributed by atoms with Crippen LogP contribution in [0.15, 0.2) is 48.5 Å². The molecule has 2 rings (SSSR count). The number of hydrogen-bond donors (Lipinski definition) is 2. The van der Waals surface area contributed by atoms with Crippen LogP contribution in [-0.4, -0.2) is 12.5 Å². The molecule has 0 bridgehead atoms. The lowest BCUT2D eigenvalue weighted by atomic mass is 10.1. The molecule has 0 atom stereocenters. The van der Waals surface area contributed by atoms with E-state index in [2.05, 4.69) is 29.7 Å². The Labute approximate surface area is 124 Å². The van der Waals surface area contributed by atoms with Crippen LogP contribution in [0, 0.1) is 12.7 Å². The Bertz CT molecular complexity index is 613. The van der Waals surface area contributed by atoms with Crippen LogP contribution in [0.3, 0.4) is 0 Å². The first kappa shape index (κ1) is 15.2. The zero-order chi connectivity index (χ0) is 15.1. The molecule has 0 aliphatic heterocycles. The minimum absolute atomic E-state index is 0.197. The predicted molar refractivity (Wildman–Crippen MR) is 82.5 cm³/mol. The van der Waals surface area contributed by atoms with Gasteiger partial charge in [0.1, 0.15) is 5.82 Å². The van der Waals surface area contributed by atoms with Gasteiger partial charge in [-0.05, 0) is 30.2 Å². The summed E-state index contributed by atoms with van der Waals surface area (Å²) in [5, 5.41) is 5.79. The Balaban J connectivity index is 1.73. The van der Waals surface area contributed by atoms with Crippen LogP contribution < -0.4 is 10.6 Å². The molecule has 2 aromatic rings. The Hall–Kier alpha value is -2.20. The molecule has 1 amide bonds. The zero-order valence-corrected chi connectivity index (χ0v) is 12.0. The number of benzene rings is 2. The first-order chi connectivity index (χ1) is 10.2. The average Bonchev–Trinajstić information content (AvgIpc) is 2.48. The molecule has 110 valence electrons. The van der Waals surface area contributed by atoms with Gasteiger partial charge in [0.05, 0.1) is 5.69 Å². The van der Waals surface area contributed by atoms with E-state index in [-0.39, 0.29) is 11.6 Å². The highest BCUT2D eigenvalue weighted by Gasteiger charge is 2.05. The van der Waals surface area contributed by atoms with E-state index in [0.717, 1.165) is 6.54 Å². The molecule has 0 fully saturated rings. The van der Waals surface area contributed by atoms with Gasteiger partial charge < -0.3 is 10.6 Å². The van der Waals surface area contributed by atoms with Crippen molar-refractivity contribution < 1.29 is 9.18 Å². The van der Waals surface area contributed by atoms with Gasteiger partial charge in [-0.1, -0.05) is 36.4 Å². The highest BCUT2D eigenvalue weighted by molar-refractivity contribution is 5.90. The second kappa shape index (κ2) is 7.55. The number of hydrogen-bond acceptors (Lipinski definition) is 2. The van der Waals surface area contributed by atoms with E-state index in [9.17, 15) is 9.18 Å². The summed E-state index contributed by atoms with van der Waals surface area (Å²) in [4.78, 5) is 11.7. The maximum atomic E-state index is 13.4. The molecule has 0 heterocycles. The first-order valence-corrected chi connectivity index (χ1v) is 6.96. The van der Waals surface area contributed by atoms with Crippen LogP contribution in [0.1, 0.15) is 17.5 Å². The molecule has 0 unspecified atom stereocenters. The SMILES string of the molecule is Cc1ccccc1CNCCC(=O)Nc1ccccc1F. The molecule has 0 saturated heterocycles. The number of anilines is 1. The third-order valence-electron chi connectivity index (χ3n) is 3.25. The van der Waals surface area contributed by atoms with Crippen molar-refractivity contribution >= 4 is 11.6 Å². The van der Waals surface area contributed by atoms with Crippen LogP contribution in [0.2, 0.25) is 0 Å². The normalized spacial score (nSPS) is 10.4. The van der Waals surface area contributed by atoms with Gasteiger partial charge in [0, 0.05) is 19.5 Å². The van der Waals surface area contributed by atoms with Crippen LogP contribution in [0.4, 0.5) is 10.1 Å². The molecular formula is C17H19FN2O. The van der Waals surface area contributed by atoms with E-state index in [1.807, 2.05) is 12.1 Å². The van der Waals surface area contributed by atoms with Gasteiger partial charge >= 0.3 is 0 Å². The fourth-order valence-electron chi connectivity index (χ4n) is 2.01. The fraction of sp³-hybridized carbons (Fsp3) is 0.235. The van der Waals surface area contributed by atoms with Crippen molar-refractivity contribution in [2.24, 2.45) is 0 Å². The maximum absolute atomic E-state index is 13.4. The lowest BCUT2D eigenvalue weighted by Gasteiger charge is -2.08. The van der Waals surface area contributed by atoms with Crippen molar-refractivity contribution in [3.8, 4) is 0 Å². The van der Waals surface area contributed by atoms with E-state index in [0.29, 0.717) is 13.0 Å². The molecule has 21 heavy (non-hydrogen) atoms. The molecule has 0 spiro atoms. The fourth-order valence-corrected chi connectivity index (χ4v) is 2.01. The second-order valence-corrected chi connectivity index (χ2v) is 4.88. The highest BCUT2D eigenvalue weighted by atomic mass is 19.1. The Kier molecular flexibility index (Phi) is 5.46. The summed E-state index contributed by atoms with van der Waals surface area (Å²) < 4.78 is 13.4. The smallest absolute Gasteiger partial charge is 0.225 e. The largest absolute Gasteiger partial charge is 0.324 e. The van der Waals surface area contributed by atoms with E-state index in [1.165, 1.54) is 17.2 Å². The minimum Gasteiger partial charge on any atom is -0.324 e. The molecule has 2 aromatic carbocycles. The third-order valence-corrected chi connectivity index (χ3v) is 3.25. The van der Waals surface area contributed by atoms with Crippen LogP contribution >= 0.6 is 0 Å². The first-order valence-electron chi connectivity index (χ1n) is 6.96. The van der Waals surface area contributed by atoms with Crippen LogP contribution in [-0.2, 0) is 11.3 Å². The predicted octanol–water partition coefficient (Wildman–Crippen LogP) is 3.25. The van der Waals surface area contributed by atoms with E-state index >= 15 is 0 Å². The molecule has 0 aromatic heterocycles. The van der Waals surface area contributed by atoms with Gasteiger partial charge in [-0.3, -0.25) is 4.79 Å². The summed E-state index contributed by atoms with van der Waals surface area (Å²) in [6.45, 7) is 3.33. The molecule has 0 radical (unpaired) electrons.